The van der Waals surface area contributed by atoms with E-state index in [1.165, 1.54) is 0 Å². The molecule has 9 heteroatoms. The van der Waals surface area contributed by atoms with Gasteiger partial charge in [0.25, 0.3) is 0 Å². The molecule has 0 spiro atoms. The first-order valence-corrected chi connectivity index (χ1v) is 15.0. The minimum Gasteiger partial charge on any atom is -0.492 e. The molecule has 4 rings (SSSR count). The number of rotatable bonds is 14. The van der Waals surface area contributed by atoms with Gasteiger partial charge in [0.15, 0.2) is 9.84 Å². The zero-order valence-corrected chi connectivity index (χ0v) is 24.0. The van der Waals surface area contributed by atoms with Crippen LogP contribution in [0.3, 0.4) is 0 Å². The van der Waals surface area contributed by atoms with Gasteiger partial charge in [0.05, 0.1) is 30.4 Å². The standard InChI is InChI=1S/C32H31ClO7S/c1-4-22-16-29(38-13-8-14-41(36,37)6-3)32(33)26(5-2)31(22)23-10-7-9-21(15-23)19-39-25-11-12-27-24(17-30(34)35)20-40-28(27)18-25/h4-7,9-12,15-16,18,24H,1-3,8,13-14,17,19-20H2,(H,34,35)/t24-/m1/s1. The van der Waals surface area contributed by atoms with E-state index in [-0.39, 0.29) is 24.7 Å². The van der Waals surface area contributed by atoms with E-state index in [0.717, 1.165) is 33.2 Å². The summed E-state index contributed by atoms with van der Waals surface area (Å²) in [5, 5.41) is 10.4. The largest absolute Gasteiger partial charge is 0.492 e. The smallest absolute Gasteiger partial charge is 0.304 e. The zero-order valence-electron chi connectivity index (χ0n) is 22.5. The lowest BCUT2D eigenvalue weighted by atomic mass is 9.92. The Balaban J connectivity index is 1.52. The Morgan fingerprint density at radius 1 is 1.10 bits per heavy atom. The molecule has 1 aliphatic heterocycles. The fourth-order valence-electron chi connectivity index (χ4n) is 4.69. The predicted molar refractivity (Wildman–Crippen MR) is 162 cm³/mol. The maximum atomic E-state index is 11.7. The summed E-state index contributed by atoms with van der Waals surface area (Å²) in [6.07, 6.45) is 3.68. The summed E-state index contributed by atoms with van der Waals surface area (Å²) < 4.78 is 40.9. The topological polar surface area (TPSA) is 99.1 Å². The predicted octanol–water partition coefficient (Wildman–Crippen LogP) is 7.15. The van der Waals surface area contributed by atoms with Gasteiger partial charge < -0.3 is 19.3 Å². The first kappa shape index (κ1) is 30.0. The van der Waals surface area contributed by atoms with Crippen LogP contribution in [0.1, 0.15) is 41.0 Å². The number of hydrogen-bond acceptors (Lipinski definition) is 6. The Hall–Kier alpha value is -4.01. The molecule has 3 aromatic rings. The molecule has 0 aliphatic carbocycles. The van der Waals surface area contributed by atoms with Crippen molar-refractivity contribution in [2.75, 3.05) is 19.0 Å². The lowest BCUT2D eigenvalue weighted by Gasteiger charge is -2.18. The third-order valence-electron chi connectivity index (χ3n) is 6.71. The molecule has 7 nitrogen and oxygen atoms in total. The summed E-state index contributed by atoms with van der Waals surface area (Å²) in [4.78, 5) is 11.1. The first-order chi connectivity index (χ1) is 19.7. The van der Waals surface area contributed by atoms with Crippen LogP contribution in [0.2, 0.25) is 5.02 Å². The van der Waals surface area contributed by atoms with E-state index in [4.69, 9.17) is 30.9 Å². The maximum absolute atomic E-state index is 11.7. The number of sulfone groups is 1. The summed E-state index contributed by atoms with van der Waals surface area (Å²) >= 11 is 6.72. The average molecular weight is 595 g/mol. The normalized spacial score (nSPS) is 14.0. The number of carboxylic acids is 1. The average Bonchev–Trinajstić information content (AvgIpc) is 3.35. The second-order valence-corrected chi connectivity index (χ2v) is 12.0. The van der Waals surface area contributed by atoms with E-state index in [1.54, 1.807) is 24.3 Å². The summed E-state index contributed by atoms with van der Waals surface area (Å²) in [6, 6.07) is 15.1. The van der Waals surface area contributed by atoms with Crippen LogP contribution in [-0.4, -0.2) is 38.5 Å². The number of fused-ring (bicyclic) bond motifs is 1. The summed E-state index contributed by atoms with van der Waals surface area (Å²) in [5.74, 6) is 0.602. The highest BCUT2D eigenvalue weighted by Gasteiger charge is 2.26. The molecule has 41 heavy (non-hydrogen) atoms. The third kappa shape index (κ3) is 7.20. The zero-order chi connectivity index (χ0) is 29.6. The number of carbonyl (C=O) groups is 1. The van der Waals surface area contributed by atoms with E-state index in [9.17, 15) is 13.2 Å². The van der Waals surface area contributed by atoms with Crippen LogP contribution in [0, 0.1) is 0 Å². The Morgan fingerprint density at radius 2 is 1.90 bits per heavy atom. The van der Waals surface area contributed by atoms with Gasteiger partial charge in [0, 0.05) is 28.5 Å². The van der Waals surface area contributed by atoms with Gasteiger partial charge in [-0.1, -0.05) is 67.8 Å². The summed E-state index contributed by atoms with van der Waals surface area (Å²) in [5.41, 5.74) is 4.96. The highest BCUT2D eigenvalue weighted by atomic mass is 35.5. The Bertz CT molecular complexity index is 1590. The Labute approximate surface area is 245 Å². The van der Waals surface area contributed by atoms with Crippen LogP contribution in [0.25, 0.3) is 23.3 Å². The summed E-state index contributed by atoms with van der Waals surface area (Å²) in [7, 11) is -3.31. The van der Waals surface area contributed by atoms with Crippen LogP contribution < -0.4 is 14.2 Å². The van der Waals surface area contributed by atoms with Crippen LogP contribution in [0.5, 0.6) is 17.2 Å². The molecular weight excluding hydrogens is 564 g/mol. The monoisotopic (exact) mass is 594 g/mol. The SMILES string of the molecule is C=Cc1cc(OCCCS(=O)(=O)C=C)c(Cl)c(C=C)c1-c1cccc(COc2ccc3c(c2)OC[C@H]3CC(=O)O)c1. The lowest BCUT2D eigenvalue weighted by Crippen LogP contribution is -2.08. The Morgan fingerprint density at radius 3 is 2.61 bits per heavy atom. The van der Waals surface area contributed by atoms with Crippen LogP contribution in [0.4, 0.5) is 0 Å². The van der Waals surface area contributed by atoms with Gasteiger partial charge in [-0.3, -0.25) is 4.79 Å². The molecule has 1 atom stereocenters. The van der Waals surface area contributed by atoms with Gasteiger partial charge in [-0.05, 0) is 46.9 Å². The van der Waals surface area contributed by atoms with Crippen molar-refractivity contribution in [3.63, 3.8) is 0 Å². The van der Waals surface area contributed by atoms with E-state index < -0.39 is 15.8 Å². The Kier molecular flexibility index (Phi) is 9.57. The van der Waals surface area contributed by atoms with Crippen molar-refractivity contribution < 1.29 is 32.5 Å². The van der Waals surface area contributed by atoms with Gasteiger partial charge in [-0.2, -0.15) is 0 Å². The quantitative estimate of drug-likeness (QED) is 0.198. The second-order valence-electron chi connectivity index (χ2n) is 9.50. The molecule has 214 valence electrons. The molecule has 0 radical (unpaired) electrons. The van der Waals surface area contributed by atoms with Crippen molar-refractivity contribution >= 4 is 39.6 Å². The number of ether oxygens (including phenoxy) is 3. The molecule has 0 unspecified atom stereocenters. The van der Waals surface area contributed by atoms with Crippen LogP contribution in [-0.2, 0) is 21.2 Å². The molecule has 1 aliphatic rings. The molecule has 0 fully saturated rings. The van der Waals surface area contributed by atoms with Crippen molar-refractivity contribution in [3.8, 4) is 28.4 Å². The number of aliphatic carboxylic acids is 1. The van der Waals surface area contributed by atoms with E-state index >= 15 is 0 Å². The molecule has 1 N–H and O–H groups in total. The van der Waals surface area contributed by atoms with Gasteiger partial charge in [-0.15, -0.1) is 0 Å². The fraction of sp³-hybridized carbons (Fsp3) is 0.219. The van der Waals surface area contributed by atoms with Crippen molar-refractivity contribution in [3.05, 3.63) is 101 Å². The van der Waals surface area contributed by atoms with Gasteiger partial charge in [0.1, 0.15) is 23.9 Å². The molecule has 0 saturated carbocycles. The van der Waals surface area contributed by atoms with Crippen LogP contribution >= 0.6 is 11.6 Å². The van der Waals surface area contributed by atoms with Gasteiger partial charge in [0.2, 0.25) is 0 Å². The molecular formula is C32H31ClO7S. The van der Waals surface area contributed by atoms with E-state index in [1.807, 2.05) is 36.4 Å². The van der Waals surface area contributed by atoms with Crippen molar-refractivity contribution in [1.29, 1.82) is 0 Å². The minimum absolute atomic E-state index is 0.0244. The molecule has 0 aromatic heterocycles. The summed E-state index contributed by atoms with van der Waals surface area (Å²) in [6.45, 7) is 12.0. The van der Waals surface area contributed by atoms with Crippen molar-refractivity contribution in [2.24, 2.45) is 0 Å². The highest BCUT2D eigenvalue weighted by molar-refractivity contribution is 7.94. The second kappa shape index (κ2) is 13.1. The number of carboxylic acid groups (broad SMARTS) is 1. The van der Waals surface area contributed by atoms with Crippen molar-refractivity contribution in [2.45, 2.75) is 25.4 Å². The lowest BCUT2D eigenvalue weighted by molar-refractivity contribution is -0.137. The van der Waals surface area contributed by atoms with E-state index in [2.05, 4.69) is 19.7 Å². The molecule has 1 heterocycles. The molecule has 0 amide bonds. The van der Waals surface area contributed by atoms with E-state index in [0.29, 0.717) is 47.5 Å². The number of benzene rings is 3. The minimum atomic E-state index is -3.31. The number of hydrogen-bond donors (Lipinski definition) is 1. The molecule has 0 bridgehead atoms. The van der Waals surface area contributed by atoms with Gasteiger partial charge in [-0.25, -0.2) is 8.42 Å². The number of halogens is 1. The molecule has 3 aromatic carbocycles. The van der Waals surface area contributed by atoms with Crippen LogP contribution in [0.15, 0.2) is 73.7 Å². The molecule has 0 saturated heterocycles. The maximum Gasteiger partial charge on any atom is 0.304 e. The highest BCUT2D eigenvalue weighted by Crippen LogP contribution is 2.41. The van der Waals surface area contributed by atoms with Gasteiger partial charge >= 0.3 is 5.97 Å². The van der Waals surface area contributed by atoms with Crippen molar-refractivity contribution in [1.82, 2.24) is 0 Å². The first-order valence-electron chi connectivity index (χ1n) is 13.0. The third-order valence-corrected chi connectivity index (χ3v) is 8.47. The fourth-order valence-corrected chi connectivity index (χ4v) is 5.66.